The monoisotopic (exact) mass is 201 g/mol. The number of methoxy groups -OCH3 is 1. The number of ether oxygens (including phenoxy) is 1. The third-order valence-corrected chi connectivity index (χ3v) is 2.66. The molecule has 0 aromatic heterocycles. The van der Waals surface area contributed by atoms with Crippen LogP contribution in [-0.2, 0) is 4.74 Å². The lowest BCUT2D eigenvalue weighted by Crippen LogP contribution is -2.51. The Morgan fingerprint density at radius 1 is 1.36 bits per heavy atom. The smallest absolute Gasteiger partial charge is 0.103 e. The van der Waals surface area contributed by atoms with Crippen molar-refractivity contribution in [2.75, 3.05) is 20.3 Å². The van der Waals surface area contributed by atoms with Gasteiger partial charge >= 0.3 is 0 Å². The molecule has 0 aromatic rings. The fourth-order valence-corrected chi connectivity index (χ4v) is 1.60. The maximum Gasteiger partial charge on any atom is 0.103 e. The molecule has 2 N–H and O–H groups in total. The highest BCUT2D eigenvalue weighted by Gasteiger charge is 2.44. The molecule has 14 heavy (non-hydrogen) atoms. The van der Waals surface area contributed by atoms with Gasteiger partial charge in [-0.25, -0.2) is 0 Å². The maximum atomic E-state index is 10.3. The molecule has 84 valence electrons. The summed E-state index contributed by atoms with van der Waals surface area (Å²) in [5, 5.41) is 13.7. The van der Waals surface area contributed by atoms with Crippen molar-refractivity contribution < 1.29 is 9.84 Å². The van der Waals surface area contributed by atoms with E-state index in [1.54, 1.807) is 7.11 Å². The van der Waals surface area contributed by atoms with Gasteiger partial charge in [0.15, 0.2) is 0 Å². The standard InChI is InChI=1S/C11H23NO2/c1-10(2,3)12-7-11(13,8-14-4)9-5-6-9/h9,12-13H,5-8H2,1-4H3. The van der Waals surface area contributed by atoms with Crippen molar-refractivity contribution in [1.29, 1.82) is 0 Å². The van der Waals surface area contributed by atoms with Crippen LogP contribution in [0.3, 0.4) is 0 Å². The van der Waals surface area contributed by atoms with Crippen molar-refractivity contribution >= 4 is 0 Å². The van der Waals surface area contributed by atoms with E-state index in [-0.39, 0.29) is 5.54 Å². The molecular formula is C11H23NO2. The van der Waals surface area contributed by atoms with Crippen LogP contribution in [-0.4, -0.2) is 36.5 Å². The van der Waals surface area contributed by atoms with E-state index >= 15 is 0 Å². The Morgan fingerprint density at radius 2 is 1.93 bits per heavy atom. The largest absolute Gasteiger partial charge is 0.386 e. The third kappa shape index (κ3) is 3.56. The molecule has 1 saturated carbocycles. The van der Waals surface area contributed by atoms with Gasteiger partial charge in [-0.15, -0.1) is 0 Å². The van der Waals surface area contributed by atoms with Gasteiger partial charge in [-0.05, 0) is 39.5 Å². The molecule has 0 saturated heterocycles. The second-order valence-electron chi connectivity index (χ2n) is 5.41. The van der Waals surface area contributed by atoms with E-state index in [1.807, 2.05) is 0 Å². The Bertz CT molecular complexity index is 184. The van der Waals surface area contributed by atoms with Crippen LogP contribution >= 0.6 is 0 Å². The minimum Gasteiger partial charge on any atom is -0.386 e. The average Bonchev–Trinajstić information content (AvgIpc) is 2.82. The summed E-state index contributed by atoms with van der Waals surface area (Å²) in [6, 6.07) is 0. The Morgan fingerprint density at radius 3 is 2.29 bits per heavy atom. The zero-order valence-corrected chi connectivity index (χ0v) is 9.76. The van der Waals surface area contributed by atoms with E-state index < -0.39 is 5.60 Å². The van der Waals surface area contributed by atoms with Crippen LogP contribution in [0.2, 0.25) is 0 Å². The molecule has 0 radical (unpaired) electrons. The van der Waals surface area contributed by atoms with Crippen molar-refractivity contribution in [3.63, 3.8) is 0 Å². The molecule has 0 amide bonds. The topological polar surface area (TPSA) is 41.5 Å². The second kappa shape index (κ2) is 4.17. The molecule has 1 aliphatic carbocycles. The van der Waals surface area contributed by atoms with E-state index in [1.165, 1.54) is 0 Å². The number of nitrogens with one attached hydrogen (secondary N) is 1. The summed E-state index contributed by atoms with van der Waals surface area (Å²) in [5.41, 5.74) is -0.612. The normalized spacial score (nSPS) is 22.1. The van der Waals surface area contributed by atoms with E-state index in [9.17, 15) is 5.11 Å². The van der Waals surface area contributed by atoms with Crippen molar-refractivity contribution in [3.05, 3.63) is 0 Å². The van der Waals surface area contributed by atoms with Crippen molar-refractivity contribution in [1.82, 2.24) is 5.32 Å². The number of rotatable bonds is 5. The van der Waals surface area contributed by atoms with Gasteiger partial charge in [-0.3, -0.25) is 0 Å². The van der Waals surface area contributed by atoms with Crippen molar-refractivity contribution in [2.24, 2.45) is 5.92 Å². The molecule has 0 heterocycles. The zero-order valence-electron chi connectivity index (χ0n) is 9.76. The molecule has 0 aromatic carbocycles. The summed E-state index contributed by atoms with van der Waals surface area (Å²) >= 11 is 0. The SMILES string of the molecule is COCC(O)(CNC(C)(C)C)C1CC1. The summed E-state index contributed by atoms with van der Waals surface area (Å²) < 4.78 is 5.08. The maximum absolute atomic E-state index is 10.3. The second-order valence-corrected chi connectivity index (χ2v) is 5.41. The van der Waals surface area contributed by atoms with Gasteiger partial charge in [0.25, 0.3) is 0 Å². The molecule has 1 rings (SSSR count). The Labute approximate surface area is 86.8 Å². The van der Waals surface area contributed by atoms with Crippen LogP contribution < -0.4 is 5.32 Å². The minimum atomic E-state index is -0.665. The Balaban J connectivity index is 2.43. The molecule has 0 bridgehead atoms. The highest BCUT2D eigenvalue weighted by atomic mass is 16.5. The van der Waals surface area contributed by atoms with Crippen LogP contribution in [0.1, 0.15) is 33.6 Å². The number of hydrogen-bond donors (Lipinski definition) is 2. The van der Waals surface area contributed by atoms with Crippen LogP contribution in [0.25, 0.3) is 0 Å². The van der Waals surface area contributed by atoms with E-state index in [4.69, 9.17) is 4.74 Å². The average molecular weight is 201 g/mol. The summed E-state index contributed by atoms with van der Waals surface area (Å²) in [6.07, 6.45) is 2.26. The van der Waals surface area contributed by atoms with Crippen molar-refractivity contribution in [2.45, 2.75) is 44.8 Å². The highest BCUT2D eigenvalue weighted by molar-refractivity contribution is 4.97. The number of hydrogen-bond acceptors (Lipinski definition) is 3. The van der Waals surface area contributed by atoms with Gasteiger partial charge < -0.3 is 15.2 Å². The van der Waals surface area contributed by atoms with Crippen molar-refractivity contribution in [3.8, 4) is 0 Å². The van der Waals surface area contributed by atoms with Gasteiger partial charge in [-0.1, -0.05) is 0 Å². The molecule has 3 heteroatoms. The summed E-state index contributed by atoms with van der Waals surface area (Å²) in [7, 11) is 1.64. The third-order valence-electron chi connectivity index (χ3n) is 2.66. The first-order valence-electron chi connectivity index (χ1n) is 5.34. The molecular weight excluding hydrogens is 178 g/mol. The lowest BCUT2D eigenvalue weighted by Gasteiger charge is -2.32. The van der Waals surface area contributed by atoms with E-state index in [2.05, 4.69) is 26.1 Å². The Hall–Kier alpha value is -0.120. The first-order valence-corrected chi connectivity index (χ1v) is 5.34. The van der Waals surface area contributed by atoms with Crippen LogP contribution in [0.5, 0.6) is 0 Å². The fraction of sp³-hybridized carbons (Fsp3) is 1.00. The van der Waals surface area contributed by atoms with Gasteiger partial charge in [0.1, 0.15) is 5.60 Å². The van der Waals surface area contributed by atoms with Gasteiger partial charge in [0.2, 0.25) is 0 Å². The van der Waals surface area contributed by atoms with Crippen LogP contribution in [0, 0.1) is 5.92 Å². The fourth-order valence-electron chi connectivity index (χ4n) is 1.60. The number of aliphatic hydroxyl groups is 1. The summed E-state index contributed by atoms with van der Waals surface area (Å²) in [6.45, 7) is 7.36. The van der Waals surface area contributed by atoms with Gasteiger partial charge in [-0.2, -0.15) is 0 Å². The van der Waals surface area contributed by atoms with Crippen LogP contribution in [0.4, 0.5) is 0 Å². The molecule has 1 atom stereocenters. The van der Waals surface area contributed by atoms with Gasteiger partial charge in [0, 0.05) is 19.2 Å². The highest BCUT2D eigenvalue weighted by Crippen LogP contribution is 2.39. The zero-order chi connectivity index (χ0) is 10.8. The lowest BCUT2D eigenvalue weighted by molar-refractivity contribution is -0.0495. The molecule has 1 fully saturated rings. The first-order chi connectivity index (χ1) is 6.37. The van der Waals surface area contributed by atoms with Crippen LogP contribution in [0.15, 0.2) is 0 Å². The molecule has 0 aliphatic heterocycles. The van der Waals surface area contributed by atoms with E-state index in [0.29, 0.717) is 19.1 Å². The predicted octanol–water partition coefficient (Wildman–Crippen LogP) is 1.16. The van der Waals surface area contributed by atoms with E-state index in [0.717, 1.165) is 12.8 Å². The summed E-state index contributed by atoms with van der Waals surface area (Å²) in [5.74, 6) is 0.428. The molecule has 3 nitrogen and oxygen atoms in total. The predicted molar refractivity (Wildman–Crippen MR) is 57.3 cm³/mol. The quantitative estimate of drug-likeness (QED) is 0.701. The van der Waals surface area contributed by atoms with Gasteiger partial charge in [0.05, 0.1) is 6.61 Å². The molecule has 1 unspecified atom stereocenters. The Kier molecular flexibility index (Phi) is 3.56. The summed E-state index contributed by atoms with van der Waals surface area (Å²) in [4.78, 5) is 0. The number of β-amino-alcohol motifs (C(OH)–C–C–N with tert-alkyl or cyclic N) is 1. The molecule has 1 aliphatic rings. The lowest BCUT2D eigenvalue weighted by atomic mass is 9.97. The molecule has 0 spiro atoms. The minimum absolute atomic E-state index is 0.0522. The first kappa shape index (κ1) is 12.0.